The van der Waals surface area contributed by atoms with Crippen LogP contribution < -0.4 is 10.1 Å². The Hall–Kier alpha value is -4.73. The van der Waals surface area contributed by atoms with E-state index in [0.29, 0.717) is 22.9 Å². The van der Waals surface area contributed by atoms with Gasteiger partial charge in [-0.1, -0.05) is 0 Å². The fourth-order valence-corrected chi connectivity index (χ4v) is 3.67. The van der Waals surface area contributed by atoms with Crippen molar-refractivity contribution in [2.75, 3.05) is 12.4 Å². The molecule has 10 nitrogen and oxygen atoms in total. The predicted molar refractivity (Wildman–Crippen MR) is 129 cm³/mol. The number of anilines is 2. The van der Waals surface area contributed by atoms with E-state index in [0.717, 1.165) is 28.0 Å². The second-order valence-corrected chi connectivity index (χ2v) is 7.91. The van der Waals surface area contributed by atoms with Gasteiger partial charge in [-0.05, 0) is 49.7 Å². The van der Waals surface area contributed by atoms with Gasteiger partial charge in [0.15, 0.2) is 5.69 Å². The zero-order valence-corrected chi connectivity index (χ0v) is 19.6. The number of aromatic nitrogens is 5. The van der Waals surface area contributed by atoms with E-state index in [9.17, 15) is 4.79 Å². The Kier molecular flexibility index (Phi) is 5.61. The molecule has 0 radical (unpaired) electrons. The van der Waals surface area contributed by atoms with Crippen LogP contribution >= 0.6 is 0 Å². The second-order valence-electron chi connectivity index (χ2n) is 7.91. The summed E-state index contributed by atoms with van der Waals surface area (Å²) in [6.07, 6.45) is 4.76. The van der Waals surface area contributed by atoms with Crippen molar-refractivity contribution < 1.29 is 18.7 Å². The summed E-state index contributed by atoms with van der Waals surface area (Å²) in [5.41, 5.74) is 4.23. The van der Waals surface area contributed by atoms with Crippen LogP contribution in [0.2, 0.25) is 0 Å². The van der Waals surface area contributed by atoms with Gasteiger partial charge in [-0.2, -0.15) is 0 Å². The van der Waals surface area contributed by atoms with Crippen molar-refractivity contribution in [1.82, 2.24) is 24.5 Å². The van der Waals surface area contributed by atoms with Gasteiger partial charge in [-0.15, -0.1) is 0 Å². The van der Waals surface area contributed by atoms with Crippen molar-refractivity contribution in [1.29, 1.82) is 0 Å². The highest BCUT2D eigenvalue weighted by atomic mass is 16.5. The van der Waals surface area contributed by atoms with Gasteiger partial charge in [-0.3, -0.25) is 0 Å². The number of hydrogen-bond donors (Lipinski definition) is 1. The molecule has 0 aliphatic carbocycles. The third-order valence-electron chi connectivity index (χ3n) is 5.48. The number of benzene rings is 2. The number of fused-ring (bicyclic) bond motifs is 1. The number of esters is 1. The lowest BCUT2D eigenvalue weighted by molar-refractivity contribution is 0.0593. The van der Waals surface area contributed by atoms with Gasteiger partial charge in [0.05, 0.1) is 30.0 Å². The van der Waals surface area contributed by atoms with Gasteiger partial charge >= 0.3 is 5.97 Å². The van der Waals surface area contributed by atoms with Gasteiger partial charge in [0.25, 0.3) is 0 Å². The lowest BCUT2D eigenvalue weighted by atomic mass is 10.2. The summed E-state index contributed by atoms with van der Waals surface area (Å²) in [7, 11) is 3.25. The monoisotopic (exact) mass is 470 g/mol. The van der Waals surface area contributed by atoms with Gasteiger partial charge < -0.3 is 23.8 Å². The number of methoxy groups -OCH3 is 1. The summed E-state index contributed by atoms with van der Waals surface area (Å²) in [4.78, 5) is 29.0. The van der Waals surface area contributed by atoms with E-state index in [1.54, 1.807) is 19.4 Å². The van der Waals surface area contributed by atoms with Crippen LogP contribution in [0.5, 0.6) is 11.5 Å². The van der Waals surface area contributed by atoms with Crippen molar-refractivity contribution in [2.24, 2.45) is 7.05 Å². The van der Waals surface area contributed by atoms with E-state index in [-0.39, 0.29) is 11.6 Å². The third-order valence-corrected chi connectivity index (χ3v) is 5.48. The molecule has 0 unspecified atom stereocenters. The first-order chi connectivity index (χ1) is 16.9. The van der Waals surface area contributed by atoms with Crippen LogP contribution in [-0.4, -0.2) is 37.6 Å². The van der Waals surface area contributed by atoms with Crippen molar-refractivity contribution >= 4 is 28.5 Å². The first kappa shape index (κ1) is 22.1. The molecule has 2 aromatic carbocycles. The minimum Gasteiger partial charge on any atom is -0.464 e. The summed E-state index contributed by atoms with van der Waals surface area (Å²) < 4.78 is 18.5. The van der Waals surface area contributed by atoms with Gasteiger partial charge in [0.1, 0.15) is 29.4 Å². The zero-order valence-electron chi connectivity index (χ0n) is 19.6. The van der Waals surface area contributed by atoms with E-state index in [1.807, 2.05) is 54.9 Å². The lowest BCUT2D eigenvalue weighted by Gasteiger charge is -2.12. The molecule has 0 amide bonds. The molecule has 1 N–H and O–H groups in total. The molecule has 10 heteroatoms. The van der Waals surface area contributed by atoms with Crippen molar-refractivity contribution in [3.05, 3.63) is 72.3 Å². The SMILES string of the molecule is COC(=O)c1nc(-c2cncnc2Nc2ccc(Oc3ccc4c(c3)ncn4C)c(C)c2)oc1C. The van der Waals surface area contributed by atoms with Gasteiger partial charge in [0, 0.05) is 25.0 Å². The summed E-state index contributed by atoms with van der Waals surface area (Å²) in [6.45, 7) is 3.61. The van der Waals surface area contributed by atoms with Crippen LogP contribution in [0, 0.1) is 13.8 Å². The lowest BCUT2D eigenvalue weighted by Crippen LogP contribution is -2.03. The van der Waals surface area contributed by atoms with Gasteiger partial charge in [0.2, 0.25) is 5.89 Å². The molecule has 0 aliphatic heterocycles. The quantitative estimate of drug-likeness (QED) is 0.344. The number of rotatable bonds is 6. The molecular formula is C25H22N6O4. The maximum Gasteiger partial charge on any atom is 0.360 e. The van der Waals surface area contributed by atoms with Crippen LogP contribution in [0.15, 0.2) is 59.7 Å². The Labute approximate surface area is 200 Å². The summed E-state index contributed by atoms with van der Waals surface area (Å²) in [5, 5.41) is 3.27. The minimum absolute atomic E-state index is 0.110. The van der Waals surface area contributed by atoms with E-state index in [2.05, 4.69) is 25.3 Å². The number of nitrogens with one attached hydrogen (secondary N) is 1. The molecule has 5 rings (SSSR count). The molecular weight excluding hydrogens is 448 g/mol. The maximum absolute atomic E-state index is 11.9. The Morgan fingerprint density at radius 1 is 1.11 bits per heavy atom. The fraction of sp³-hybridized carbons (Fsp3) is 0.160. The molecule has 0 aliphatic rings. The number of oxazole rings is 1. The minimum atomic E-state index is -0.572. The molecule has 0 spiro atoms. The Balaban J connectivity index is 1.39. The van der Waals surface area contributed by atoms with Crippen molar-refractivity contribution in [2.45, 2.75) is 13.8 Å². The maximum atomic E-state index is 11.9. The smallest absolute Gasteiger partial charge is 0.360 e. The van der Waals surface area contributed by atoms with E-state index in [1.165, 1.54) is 13.4 Å². The normalized spacial score (nSPS) is 11.0. The fourth-order valence-electron chi connectivity index (χ4n) is 3.67. The summed E-state index contributed by atoms with van der Waals surface area (Å²) in [6, 6.07) is 11.5. The third kappa shape index (κ3) is 4.29. The topological polar surface area (TPSA) is 117 Å². The molecule has 3 heterocycles. The highest BCUT2D eigenvalue weighted by Crippen LogP contribution is 2.32. The molecule has 3 aromatic heterocycles. The molecule has 35 heavy (non-hydrogen) atoms. The first-order valence-corrected chi connectivity index (χ1v) is 10.8. The molecule has 0 saturated heterocycles. The number of carbonyl (C=O) groups is 1. The average Bonchev–Trinajstić information content (AvgIpc) is 3.43. The number of nitrogens with zero attached hydrogens (tertiary/aromatic N) is 5. The van der Waals surface area contributed by atoms with Crippen molar-refractivity contribution in [3.63, 3.8) is 0 Å². The molecule has 5 aromatic rings. The highest BCUT2D eigenvalue weighted by Gasteiger charge is 2.21. The largest absolute Gasteiger partial charge is 0.464 e. The number of hydrogen-bond acceptors (Lipinski definition) is 9. The van der Waals surface area contributed by atoms with Crippen molar-refractivity contribution in [3.8, 4) is 23.0 Å². The number of ether oxygens (including phenoxy) is 2. The number of carbonyl (C=O) groups excluding carboxylic acids is 1. The van der Waals surface area contributed by atoms with Crippen LogP contribution in [-0.2, 0) is 11.8 Å². The van der Waals surface area contributed by atoms with E-state index in [4.69, 9.17) is 13.9 Å². The Morgan fingerprint density at radius 2 is 1.97 bits per heavy atom. The molecule has 0 atom stereocenters. The predicted octanol–water partition coefficient (Wildman–Crippen LogP) is 4.96. The van der Waals surface area contributed by atoms with Crippen LogP contribution in [0.4, 0.5) is 11.5 Å². The summed E-state index contributed by atoms with van der Waals surface area (Å²) in [5.74, 6) is 1.90. The second kappa shape index (κ2) is 8.90. The number of imidazole rings is 1. The summed E-state index contributed by atoms with van der Waals surface area (Å²) >= 11 is 0. The number of aryl methyl sites for hydroxylation is 3. The zero-order chi connectivity index (χ0) is 24.5. The van der Waals surface area contributed by atoms with E-state index >= 15 is 0 Å². The van der Waals surface area contributed by atoms with E-state index < -0.39 is 5.97 Å². The van der Waals surface area contributed by atoms with Crippen LogP contribution in [0.1, 0.15) is 21.8 Å². The Morgan fingerprint density at radius 3 is 2.77 bits per heavy atom. The van der Waals surface area contributed by atoms with Gasteiger partial charge in [-0.25, -0.2) is 24.7 Å². The average molecular weight is 470 g/mol. The van der Waals surface area contributed by atoms with Crippen LogP contribution in [0.25, 0.3) is 22.5 Å². The molecule has 176 valence electrons. The highest BCUT2D eigenvalue weighted by molar-refractivity contribution is 5.89. The first-order valence-electron chi connectivity index (χ1n) is 10.8. The molecule has 0 fully saturated rings. The molecule has 0 saturated carbocycles. The Bertz CT molecular complexity index is 1560. The standard InChI is InChI=1S/C25H22N6O4/c1-14-9-16(5-8-21(14)35-17-6-7-20-19(10-17)28-13-31(20)3)29-23-18(11-26-12-27-23)24-30-22(15(2)34-24)25(32)33-4/h5-13H,1-4H3,(H,26,27,29). The van der Waals surface area contributed by atoms with Crippen LogP contribution in [0.3, 0.4) is 0 Å². The molecule has 0 bridgehead atoms.